The molecule has 1 aromatic carbocycles. The first-order valence-electron chi connectivity index (χ1n) is 7.91. The third kappa shape index (κ3) is 2.86. The van der Waals surface area contributed by atoms with Gasteiger partial charge in [0.2, 0.25) is 0 Å². The molecule has 0 spiro atoms. The molecule has 122 valence electrons. The molecule has 0 radical (unpaired) electrons. The van der Waals surface area contributed by atoms with Crippen LogP contribution in [-0.4, -0.2) is 22.2 Å². The molecule has 1 aliphatic rings. The summed E-state index contributed by atoms with van der Waals surface area (Å²) in [6, 6.07) is 14.3. The summed E-state index contributed by atoms with van der Waals surface area (Å²) in [5, 5.41) is 13.1. The average molecular weight is 338 g/mol. The van der Waals surface area contributed by atoms with E-state index in [0.29, 0.717) is 12.2 Å². The lowest BCUT2D eigenvalue weighted by Gasteiger charge is -2.25. The number of benzene rings is 1. The summed E-state index contributed by atoms with van der Waals surface area (Å²) >= 11 is 1.63. The molecule has 1 unspecified atom stereocenters. The van der Waals surface area contributed by atoms with Gasteiger partial charge in [0.1, 0.15) is 17.6 Å². The normalized spacial score (nSPS) is 16.7. The highest BCUT2D eigenvalue weighted by Gasteiger charge is 2.27. The Labute approximate surface area is 144 Å². The van der Waals surface area contributed by atoms with Crippen LogP contribution in [0.5, 0.6) is 0 Å². The smallest absolute Gasteiger partial charge is 0.269 e. The maximum Gasteiger partial charge on any atom is 0.269 e. The minimum Gasteiger partial charge on any atom is -0.347 e. The van der Waals surface area contributed by atoms with E-state index >= 15 is 0 Å². The van der Waals surface area contributed by atoms with Gasteiger partial charge in [-0.2, -0.15) is 5.10 Å². The maximum absolute atomic E-state index is 12.1. The monoisotopic (exact) mass is 338 g/mol. The molecule has 0 fully saturated rings. The molecule has 0 saturated carbocycles. The second-order valence-electron chi connectivity index (χ2n) is 5.93. The SMILES string of the molecule is Cc1cccc(CNC2CNC(=O)c3cc(-c4cccs4)nn32)c1. The number of aryl methyl sites for hydroxylation is 1. The Morgan fingerprint density at radius 2 is 2.25 bits per heavy atom. The van der Waals surface area contributed by atoms with Crippen LogP contribution in [0.25, 0.3) is 10.6 Å². The third-order valence-corrected chi connectivity index (χ3v) is 5.01. The van der Waals surface area contributed by atoms with Gasteiger partial charge in [0, 0.05) is 6.54 Å². The van der Waals surface area contributed by atoms with Crippen LogP contribution in [0.2, 0.25) is 0 Å². The lowest BCUT2D eigenvalue weighted by atomic mass is 10.1. The Morgan fingerprint density at radius 3 is 3.04 bits per heavy atom. The zero-order valence-corrected chi connectivity index (χ0v) is 14.1. The fraction of sp³-hybridized carbons (Fsp3) is 0.222. The number of aromatic nitrogens is 2. The highest BCUT2D eigenvalue weighted by atomic mass is 32.1. The molecule has 6 heteroatoms. The van der Waals surface area contributed by atoms with E-state index in [9.17, 15) is 4.79 Å². The van der Waals surface area contributed by atoms with Crippen molar-refractivity contribution in [3.8, 4) is 10.6 Å². The average Bonchev–Trinajstić information content (AvgIpc) is 3.24. The van der Waals surface area contributed by atoms with Crippen LogP contribution in [-0.2, 0) is 6.54 Å². The lowest BCUT2D eigenvalue weighted by molar-refractivity contribution is 0.0900. The van der Waals surface area contributed by atoms with Crippen molar-refractivity contribution in [3.05, 3.63) is 64.7 Å². The van der Waals surface area contributed by atoms with E-state index in [-0.39, 0.29) is 12.1 Å². The van der Waals surface area contributed by atoms with Crippen LogP contribution in [0, 0.1) is 6.92 Å². The molecule has 2 N–H and O–H groups in total. The molecule has 1 amide bonds. The standard InChI is InChI=1S/C18H18N4OS/c1-12-4-2-5-13(8-12)10-19-17-11-20-18(23)15-9-14(21-22(15)17)16-6-3-7-24-16/h2-9,17,19H,10-11H2,1H3,(H,20,23). The first kappa shape index (κ1) is 15.1. The third-order valence-electron chi connectivity index (χ3n) is 4.12. The molecular weight excluding hydrogens is 320 g/mol. The van der Waals surface area contributed by atoms with Gasteiger partial charge in [-0.3, -0.25) is 10.1 Å². The highest BCUT2D eigenvalue weighted by Crippen LogP contribution is 2.26. The molecule has 2 aromatic heterocycles. The van der Waals surface area contributed by atoms with Crippen LogP contribution in [0.15, 0.2) is 47.8 Å². The number of thiophene rings is 1. The van der Waals surface area contributed by atoms with Crippen molar-refractivity contribution in [1.29, 1.82) is 0 Å². The molecule has 5 nitrogen and oxygen atoms in total. The predicted octanol–water partition coefficient (Wildman–Crippen LogP) is 2.95. The molecule has 4 rings (SSSR count). The van der Waals surface area contributed by atoms with Crippen molar-refractivity contribution in [2.45, 2.75) is 19.6 Å². The van der Waals surface area contributed by atoms with Crippen LogP contribution < -0.4 is 10.6 Å². The maximum atomic E-state index is 12.1. The molecule has 1 aliphatic heterocycles. The Morgan fingerprint density at radius 1 is 1.33 bits per heavy atom. The lowest BCUT2D eigenvalue weighted by Crippen LogP contribution is -2.45. The van der Waals surface area contributed by atoms with E-state index in [1.54, 1.807) is 11.3 Å². The molecule has 0 aliphatic carbocycles. The van der Waals surface area contributed by atoms with E-state index in [0.717, 1.165) is 17.1 Å². The topological polar surface area (TPSA) is 58.9 Å². The summed E-state index contributed by atoms with van der Waals surface area (Å²) < 4.78 is 1.81. The number of fused-ring (bicyclic) bond motifs is 1. The van der Waals surface area contributed by atoms with Crippen LogP contribution in [0.3, 0.4) is 0 Å². The molecule has 0 saturated heterocycles. The molecule has 3 heterocycles. The van der Waals surface area contributed by atoms with Gasteiger partial charge in [0.05, 0.1) is 11.4 Å². The highest BCUT2D eigenvalue weighted by molar-refractivity contribution is 7.13. The Bertz CT molecular complexity index is 869. The molecule has 24 heavy (non-hydrogen) atoms. The fourth-order valence-corrected chi connectivity index (χ4v) is 3.61. The van der Waals surface area contributed by atoms with Crippen molar-refractivity contribution in [3.63, 3.8) is 0 Å². The van der Waals surface area contributed by atoms with Crippen molar-refractivity contribution in [1.82, 2.24) is 20.4 Å². The van der Waals surface area contributed by atoms with E-state index in [1.165, 1.54) is 11.1 Å². The molecule has 3 aromatic rings. The number of hydrogen-bond donors (Lipinski definition) is 2. The van der Waals surface area contributed by atoms with Gasteiger partial charge in [-0.1, -0.05) is 35.9 Å². The van der Waals surface area contributed by atoms with E-state index in [4.69, 9.17) is 0 Å². The van der Waals surface area contributed by atoms with Gasteiger partial charge in [-0.05, 0) is 30.0 Å². The molecule has 0 bridgehead atoms. The van der Waals surface area contributed by atoms with Gasteiger partial charge >= 0.3 is 0 Å². The summed E-state index contributed by atoms with van der Waals surface area (Å²) in [6.45, 7) is 3.35. The van der Waals surface area contributed by atoms with Gasteiger partial charge < -0.3 is 5.32 Å². The summed E-state index contributed by atoms with van der Waals surface area (Å²) in [4.78, 5) is 13.2. The van der Waals surface area contributed by atoms with Gasteiger partial charge in [-0.15, -0.1) is 11.3 Å². The van der Waals surface area contributed by atoms with Gasteiger partial charge in [-0.25, -0.2) is 4.68 Å². The van der Waals surface area contributed by atoms with Crippen LogP contribution >= 0.6 is 11.3 Å². The zero-order valence-electron chi connectivity index (χ0n) is 13.3. The number of carbonyl (C=O) groups excluding carboxylic acids is 1. The Hall–Kier alpha value is -2.44. The summed E-state index contributed by atoms with van der Waals surface area (Å²) in [6.07, 6.45) is -0.0491. The number of rotatable bonds is 4. The minimum absolute atomic E-state index is 0.0491. The first-order valence-corrected chi connectivity index (χ1v) is 8.79. The number of amides is 1. The first-order chi connectivity index (χ1) is 11.7. The molecule has 1 atom stereocenters. The van der Waals surface area contributed by atoms with Gasteiger partial charge in [0.25, 0.3) is 5.91 Å². The number of nitrogens with one attached hydrogen (secondary N) is 2. The summed E-state index contributed by atoms with van der Waals surface area (Å²) in [5.74, 6) is -0.0705. The van der Waals surface area contributed by atoms with E-state index < -0.39 is 0 Å². The quantitative estimate of drug-likeness (QED) is 0.769. The second kappa shape index (κ2) is 6.22. The van der Waals surface area contributed by atoms with Crippen LogP contribution in [0.4, 0.5) is 0 Å². The fourth-order valence-electron chi connectivity index (χ4n) is 2.93. The number of carbonyl (C=O) groups is 1. The second-order valence-corrected chi connectivity index (χ2v) is 6.88. The summed E-state index contributed by atoms with van der Waals surface area (Å²) in [7, 11) is 0. The zero-order chi connectivity index (χ0) is 16.5. The number of nitrogens with zero attached hydrogens (tertiary/aromatic N) is 2. The Kier molecular flexibility index (Phi) is 3.92. The molecular formula is C18H18N4OS. The van der Waals surface area contributed by atoms with E-state index in [1.807, 2.05) is 28.3 Å². The predicted molar refractivity (Wildman–Crippen MR) is 94.9 cm³/mol. The van der Waals surface area contributed by atoms with Crippen molar-refractivity contribution < 1.29 is 4.79 Å². The van der Waals surface area contributed by atoms with Crippen molar-refractivity contribution in [2.75, 3.05) is 6.54 Å². The van der Waals surface area contributed by atoms with Crippen LogP contribution in [0.1, 0.15) is 27.8 Å². The van der Waals surface area contributed by atoms with Crippen molar-refractivity contribution in [2.24, 2.45) is 0 Å². The Balaban J connectivity index is 1.58. The van der Waals surface area contributed by atoms with Gasteiger partial charge in [0.15, 0.2) is 0 Å². The largest absolute Gasteiger partial charge is 0.347 e. The summed E-state index contributed by atoms with van der Waals surface area (Å²) in [5.41, 5.74) is 3.91. The minimum atomic E-state index is -0.0705. The van der Waals surface area contributed by atoms with Crippen molar-refractivity contribution >= 4 is 17.2 Å². The number of hydrogen-bond acceptors (Lipinski definition) is 4. The van der Waals surface area contributed by atoms with E-state index in [2.05, 4.69) is 46.9 Å².